The van der Waals surface area contributed by atoms with Crippen molar-refractivity contribution in [2.45, 2.75) is 51.4 Å². The summed E-state index contributed by atoms with van der Waals surface area (Å²) >= 11 is 0. The van der Waals surface area contributed by atoms with Gasteiger partial charge >= 0.3 is 5.97 Å². The lowest BCUT2D eigenvalue weighted by Gasteiger charge is -2.18. The molecule has 1 aromatic heterocycles. The van der Waals surface area contributed by atoms with Crippen molar-refractivity contribution in [1.82, 2.24) is 4.57 Å². The molecule has 0 saturated carbocycles. The first-order valence-corrected chi connectivity index (χ1v) is 14.6. The maximum Gasteiger partial charge on any atom is 0.305 e. The molecule has 1 heterocycles. The number of Topliss-reactive ketones (excluding diaryl/α,β-unsaturated/α-hetero) is 1. The molecule has 0 spiro atoms. The monoisotopic (exact) mass is 615 g/mol. The van der Waals surface area contributed by atoms with E-state index in [1.807, 2.05) is 54.8 Å². The Morgan fingerprint density at radius 2 is 1.56 bits per heavy atom. The van der Waals surface area contributed by atoms with Crippen LogP contribution >= 0.6 is 0 Å². The third-order valence-corrected chi connectivity index (χ3v) is 7.45. The first-order valence-electron chi connectivity index (χ1n) is 14.6. The quantitative estimate of drug-likeness (QED) is 0.137. The van der Waals surface area contributed by atoms with Gasteiger partial charge in [0.25, 0.3) is 0 Å². The summed E-state index contributed by atoms with van der Waals surface area (Å²) in [5, 5.41) is 29.8. The summed E-state index contributed by atoms with van der Waals surface area (Å²) in [7, 11) is 3.05. The highest BCUT2D eigenvalue weighted by Gasteiger charge is 2.30. The van der Waals surface area contributed by atoms with E-state index < -0.39 is 30.4 Å². The van der Waals surface area contributed by atoms with Crippen LogP contribution in [0.4, 0.5) is 4.39 Å². The van der Waals surface area contributed by atoms with Crippen molar-refractivity contribution in [2.24, 2.45) is 0 Å². The third kappa shape index (κ3) is 7.68. The topological polar surface area (TPSA) is 118 Å². The predicted octanol–water partition coefficient (Wildman–Crippen LogP) is 6.58. The summed E-state index contributed by atoms with van der Waals surface area (Å²) in [4.78, 5) is 25.5. The predicted molar refractivity (Wildman–Crippen MR) is 171 cm³/mol. The molecule has 0 amide bonds. The Morgan fingerprint density at radius 3 is 2.16 bits per heavy atom. The molecule has 8 nitrogen and oxygen atoms in total. The maximum atomic E-state index is 14.5. The fraction of sp³-hybridized carbons (Fsp3) is 0.278. The zero-order chi connectivity index (χ0) is 32.7. The van der Waals surface area contributed by atoms with E-state index in [-0.39, 0.29) is 24.7 Å². The van der Waals surface area contributed by atoms with Crippen molar-refractivity contribution in [3.05, 3.63) is 102 Å². The summed E-state index contributed by atoms with van der Waals surface area (Å²) in [5.41, 5.74) is 4.37. The maximum absolute atomic E-state index is 14.5. The zero-order valence-corrected chi connectivity index (χ0v) is 25.7. The number of ketones is 1. The van der Waals surface area contributed by atoms with Crippen molar-refractivity contribution in [1.29, 1.82) is 0 Å². The summed E-state index contributed by atoms with van der Waals surface area (Å²) in [6, 6.07) is 20.6. The smallest absolute Gasteiger partial charge is 0.305 e. The van der Waals surface area contributed by atoms with E-state index in [1.54, 1.807) is 30.3 Å². The van der Waals surface area contributed by atoms with Gasteiger partial charge in [-0.25, -0.2) is 4.39 Å². The van der Waals surface area contributed by atoms with Crippen LogP contribution in [0.2, 0.25) is 0 Å². The van der Waals surface area contributed by atoms with E-state index in [0.717, 1.165) is 5.56 Å². The largest absolute Gasteiger partial charge is 0.493 e. The molecule has 9 heteroatoms. The number of aromatic nitrogens is 1. The summed E-state index contributed by atoms with van der Waals surface area (Å²) in [6.07, 6.45) is 0.0316. The number of aliphatic hydroxyl groups excluding tert-OH is 2. The van der Waals surface area contributed by atoms with Gasteiger partial charge in [0, 0.05) is 41.3 Å². The second kappa shape index (κ2) is 14.8. The Morgan fingerprint density at radius 1 is 0.889 bits per heavy atom. The van der Waals surface area contributed by atoms with Crippen LogP contribution in [0.1, 0.15) is 54.5 Å². The number of carboxylic acids is 1. The Labute approximate surface area is 262 Å². The van der Waals surface area contributed by atoms with Gasteiger partial charge < -0.3 is 29.4 Å². The van der Waals surface area contributed by atoms with Gasteiger partial charge in [0.15, 0.2) is 17.3 Å². The number of hydrogen-bond acceptors (Lipinski definition) is 6. The minimum absolute atomic E-state index is 0.00699. The average molecular weight is 616 g/mol. The fourth-order valence-corrected chi connectivity index (χ4v) is 5.57. The van der Waals surface area contributed by atoms with Crippen molar-refractivity contribution in [3.8, 4) is 33.8 Å². The second-order valence-electron chi connectivity index (χ2n) is 11.0. The van der Waals surface area contributed by atoms with Crippen LogP contribution < -0.4 is 9.47 Å². The van der Waals surface area contributed by atoms with E-state index in [1.165, 1.54) is 32.4 Å². The molecule has 0 aliphatic rings. The number of aliphatic hydroxyl groups is 2. The van der Waals surface area contributed by atoms with E-state index in [0.29, 0.717) is 45.1 Å². The molecule has 0 unspecified atom stereocenters. The number of halogens is 1. The van der Waals surface area contributed by atoms with Crippen molar-refractivity contribution in [3.63, 3.8) is 0 Å². The SMILES string of the molecule is COc1cccc(CC(=O)c2c(-c3ccccc3)c(-c3ccc(F)cc3)c(/C=C/[C@@H](O)C[C@@H](O)CC(=O)O)n2C(C)C)c1OC. The van der Waals surface area contributed by atoms with Crippen LogP contribution in [0.3, 0.4) is 0 Å². The van der Waals surface area contributed by atoms with Gasteiger partial charge in [-0.3, -0.25) is 9.59 Å². The number of nitrogens with zero attached hydrogens (tertiary/aromatic N) is 1. The lowest BCUT2D eigenvalue weighted by atomic mass is 9.92. The molecule has 0 radical (unpaired) electrons. The van der Waals surface area contributed by atoms with Gasteiger partial charge in [0.1, 0.15) is 5.82 Å². The fourth-order valence-electron chi connectivity index (χ4n) is 5.57. The molecule has 236 valence electrons. The highest BCUT2D eigenvalue weighted by atomic mass is 19.1. The number of para-hydroxylation sites is 1. The Bertz CT molecular complexity index is 1660. The average Bonchev–Trinajstić information content (AvgIpc) is 3.35. The molecule has 2 atom stereocenters. The Kier molecular flexibility index (Phi) is 10.9. The number of rotatable bonds is 14. The van der Waals surface area contributed by atoms with Gasteiger partial charge in [-0.1, -0.05) is 60.7 Å². The number of carbonyl (C=O) groups is 2. The number of carbonyl (C=O) groups excluding carboxylic acids is 1. The molecule has 3 aromatic carbocycles. The van der Waals surface area contributed by atoms with E-state index >= 15 is 0 Å². The molecule has 0 saturated heterocycles. The summed E-state index contributed by atoms with van der Waals surface area (Å²) in [6.45, 7) is 3.88. The van der Waals surface area contributed by atoms with E-state index in [2.05, 4.69) is 0 Å². The molecular formula is C36H38FNO7. The van der Waals surface area contributed by atoms with Gasteiger partial charge in [-0.2, -0.15) is 0 Å². The molecule has 4 rings (SSSR count). The van der Waals surface area contributed by atoms with Crippen LogP contribution in [-0.4, -0.2) is 58.1 Å². The molecular weight excluding hydrogens is 577 g/mol. The van der Waals surface area contributed by atoms with Gasteiger partial charge in [-0.05, 0) is 49.2 Å². The van der Waals surface area contributed by atoms with Crippen LogP contribution in [0.25, 0.3) is 28.3 Å². The lowest BCUT2D eigenvalue weighted by Crippen LogP contribution is -2.19. The van der Waals surface area contributed by atoms with E-state index in [4.69, 9.17) is 14.6 Å². The summed E-state index contributed by atoms with van der Waals surface area (Å²) < 4.78 is 27.1. The highest BCUT2D eigenvalue weighted by Crippen LogP contribution is 2.43. The van der Waals surface area contributed by atoms with Crippen LogP contribution in [-0.2, 0) is 11.2 Å². The lowest BCUT2D eigenvalue weighted by molar-refractivity contribution is -0.139. The Hall–Kier alpha value is -4.73. The summed E-state index contributed by atoms with van der Waals surface area (Å²) in [5.74, 6) is -0.826. The normalized spacial score (nSPS) is 12.8. The molecule has 0 aliphatic carbocycles. The molecule has 4 aromatic rings. The standard InChI is InChI=1S/C36H38FNO7/c1-22(2)38-29(18-17-27(39)20-28(40)21-32(42)43)33(24-13-15-26(37)16-14-24)34(23-9-6-5-7-10-23)35(38)30(41)19-25-11-8-12-31(44-3)36(25)45-4/h5-18,22,27-28,39-40H,19-21H2,1-4H3,(H,42,43)/b18-17+/t27-,28-/m1/s1. The molecule has 45 heavy (non-hydrogen) atoms. The van der Waals surface area contributed by atoms with Crippen LogP contribution in [0.5, 0.6) is 11.5 Å². The number of ether oxygens (including phenoxy) is 2. The van der Waals surface area contributed by atoms with Gasteiger partial charge in [0.2, 0.25) is 0 Å². The van der Waals surface area contributed by atoms with Crippen LogP contribution in [0, 0.1) is 5.82 Å². The van der Waals surface area contributed by atoms with Crippen molar-refractivity contribution in [2.75, 3.05) is 14.2 Å². The van der Waals surface area contributed by atoms with Crippen molar-refractivity contribution < 1.29 is 38.8 Å². The third-order valence-electron chi connectivity index (χ3n) is 7.45. The van der Waals surface area contributed by atoms with Crippen LogP contribution in [0.15, 0.2) is 78.9 Å². The second-order valence-corrected chi connectivity index (χ2v) is 11.0. The molecule has 3 N–H and O–H groups in total. The molecule has 0 bridgehead atoms. The van der Waals surface area contributed by atoms with Gasteiger partial charge in [-0.15, -0.1) is 0 Å². The number of carboxylic acid groups (broad SMARTS) is 1. The molecule has 0 fully saturated rings. The van der Waals surface area contributed by atoms with Crippen molar-refractivity contribution >= 4 is 17.8 Å². The first-order chi connectivity index (χ1) is 21.5. The number of methoxy groups -OCH3 is 2. The minimum atomic E-state index is -1.24. The first kappa shape index (κ1) is 33.2. The van der Waals surface area contributed by atoms with Gasteiger partial charge in [0.05, 0.1) is 38.5 Å². The minimum Gasteiger partial charge on any atom is -0.493 e. The zero-order valence-electron chi connectivity index (χ0n) is 25.7. The Balaban J connectivity index is 1.98. The van der Waals surface area contributed by atoms with E-state index in [9.17, 15) is 24.2 Å². The number of hydrogen-bond donors (Lipinski definition) is 3. The number of aliphatic carboxylic acids is 1. The number of benzene rings is 3. The molecule has 0 aliphatic heterocycles. The highest BCUT2D eigenvalue weighted by molar-refractivity contribution is 6.08.